The predicted octanol–water partition coefficient (Wildman–Crippen LogP) is 4.38. The number of hydrogen-bond acceptors (Lipinski definition) is 5. The third-order valence-corrected chi connectivity index (χ3v) is 8.33. The quantitative estimate of drug-likeness (QED) is 0.587. The van der Waals surface area contributed by atoms with Crippen molar-refractivity contribution in [1.29, 1.82) is 0 Å². The third-order valence-electron chi connectivity index (χ3n) is 6.83. The van der Waals surface area contributed by atoms with Crippen molar-refractivity contribution in [2.75, 3.05) is 39.3 Å². The molecule has 6 nitrogen and oxygen atoms in total. The molecule has 4 rings (SSSR count). The zero-order chi connectivity index (χ0) is 24.8. The van der Waals surface area contributed by atoms with Crippen LogP contribution < -0.4 is 4.72 Å². The van der Waals surface area contributed by atoms with Gasteiger partial charge in [-0.2, -0.15) is 0 Å². The van der Waals surface area contributed by atoms with E-state index in [0.717, 1.165) is 57.7 Å². The van der Waals surface area contributed by atoms with Gasteiger partial charge in [-0.05, 0) is 56.0 Å². The van der Waals surface area contributed by atoms with E-state index in [9.17, 15) is 12.8 Å². The highest BCUT2D eigenvalue weighted by molar-refractivity contribution is 7.89. The van der Waals surface area contributed by atoms with Crippen molar-refractivity contribution in [3.05, 3.63) is 77.2 Å². The number of nitrogens with zero attached hydrogens (tertiary/aromatic N) is 3. The molecule has 2 aliphatic rings. The van der Waals surface area contributed by atoms with Crippen LogP contribution in [0.25, 0.3) is 0 Å². The summed E-state index contributed by atoms with van der Waals surface area (Å²) in [5.41, 5.74) is 4.73. The summed E-state index contributed by atoms with van der Waals surface area (Å²) in [4.78, 5) is 9.33. The molecule has 0 amide bonds. The number of piperidine rings is 1. The molecule has 8 heteroatoms. The molecule has 2 heterocycles. The average molecular weight is 499 g/mol. The van der Waals surface area contributed by atoms with Crippen LogP contribution in [0.15, 0.2) is 75.8 Å². The van der Waals surface area contributed by atoms with E-state index in [0.29, 0.717) is 6.42 Å². The topological polar surface area (TPSA) is 65.0 Å². The van der Waals surface area contributed by atoms with Crippen LogP contribution in [0.2, 0.25) is 0 Å². The first-order chi connectivity index (χ1) is 16.9. The molecule has 0 aliphatic carbocycles. The first kappa shape index (κ1) is 25.7. The predicted molar refractivity (Wildman–Crippen MR) is 138 cm³/mol. The molecule has 2 aliphatic heterocycles. The first-order valence-electron chi connectivity index (χ1n) is 12.4. The van der Waals surface area contributed by atoms with Crippen LogP contribution in [0, 0.1) is 5.82 Å². The molecule has 0 bridgehead atoms. The maximum atomic E-state index is 14.2. The molecule has 1 fully saturated rings. The smallest absolute Gasteiger partial charge is 0.244 e. The summed E-state index contributed by atoms with van der Waals surface area (Å²) in [6.07, 6.45) is 2.58. The normalized spacial score (nSPS) is 19.0. The SMILES string of the molecule is CCN1CC(C)=NC(=C2CCN(CC[C@@H](NS(=O)(=O)c3ccccc3F)c3ccccc3)CC2)C1. The van der Waals surface area contributed by atoms with Gasteiger partial charge in [0.15, 0.2) is 0 Å². The van der Waals surface area contributed by atoms with E-state index in [-0.39, 0.29) is 4.90 Å². The van der Waals surface area contributed by atoms with Crippen molar-refractivity contribution in [3.8, 4) is 0 Å². The molecule has 188 valence electrons. The maximum absolute atomic E-state index is 14.2. The Morgan fingerprint density at radius 2 is 1.69 bits per heavy atom. The van der Waals surface area contributed by atoms with Gasteiger partial charge in [0, 0.05) is 44.5 Å². The second-order valence-corrected chi connectivity index (χ2v) is 11.0. The Kier molecular flexibility index (Phi) is 8.49. The van der Waals surface area contributed by atoms with Gasteiger partial charge in [0.25, 0.3) is 0 Å². The summed E-state index contributed by atoms with van der Waals surface area (Å²) < 4.78 is 43.0. The highest BCUT2D eigenvalue weighted by atomic mass is 32.2. The van der Waals surface area contributed by atoms with Gasteiger partial charge in [-0.25, -0.2) is 17.5 Å². The number of halogens is 1. The Bertz CT molecular complexity index is 1170. The molecule has 1 N–H and O–H groups in total. The number of likely N-dealkylation sites (N-methyl/N-ethyl adjacent to an activating group) is 1. The number of likely N-dealkylation sites (tertiary alicyclic amines) is 1. The van der Waals surface area contributed by atoms with Crippen molar-refractivity contribution in [3.63, 3.8) is 0 Å². The standard InChI is InChI=1S/C27H35FN4O2S/c1-3-31-19-21(2)29-26(20-31)23-13-16-32(17-14-23)18-15-25(22-9-5-4-6-10-22)30-35(33,34)27-12-8-7-11-24(27)28/h4-12,25,30H,3,13-20H2,1-2H3/t25-/m1/s1. The highest BCUT2D eigenvalue weighted by Crippen LogP contribution is 2.26. The average Bonchev–Trinajstić information content (AvgIpc) is 2.87. The molecular weight excluding hydrogens is 463 g/mol. The van der Waals surface area contributed by atoms with E-state index in [1.165, 1.54) is 41.2 Å². The summed E-state index contributed by atoms with van der Waals surface area (Å²) >= 11 is 0. The van der Waals surface area contributed by atoms with Crippen molar-refractivity contribution in [2.24, 2.45) is 4.99 Å². The van der Waals surface area contributed by atoms with Crippen molar-refractivity contribution in [1.82, 2.24) is 14.5 Å². The molecular formula is C27H35FN4O2S. The van der Waals surface area contributed by atoms with Gasteiger partial charge >= 0.3 is 0 Å². The van der Waals surface area contributed by atoms with Gasteiger partial charge in [-0.1, -0.05) is 49.4 Å². The molecule has 1 atom stereocenters. The van der Waals surface area contributed by atoms with Crippen LogP contribution in [-0.4, -0.2) is 63.2 Å². The molecule has 0 spiro atoms. The number of benzene rings is 2. The fraction of sp³-hybridized carbons (Fsp3) is 0.444. The zero-order valence-electron chi connectivity index (χ0n) is 20.6. The van der Waals surface area contributed by atoms with Gasteiger partial charge in [0.2, 0.25) is 10.0 Å². The molecule has 0 unspecified atom stereocenters. The lowest BCUT2D eigenvalue weighted by molar-refractivity contribution is 0.242. The Labute approximate surface area is 208 Å². The van der Waals surface area contributed by atoms with Gasteiger partial charge in [0.05, 0.1) is 5.70 Å². The van der Waals surface area contributed by atoms with Crippen LogP contribution >= 0.6 is 0 Å². The van der Waals surface area contributed by atoms with E-state index < -0.39 is 21.9 Å². The van der Waals surface area contributed by atoms with Crippen LogP contribution in [0.1, 0.15) is 44.7 Å². The highest BCUT2D eigenvalue weighted by Gasteiger charge is 2.26. The Morgan fingerprint density at radius 3 is 2.37 bits per heavy atom. The van der Waals surface area contributed by atoms with Crippen molar-refractivity contribution < 1.29 is 12.8 Å². The fourth-order valence-electron chi connectivity index (χ4n) is 4.85. The third kappa shape index (κ3) is 6.64. The molecule has 2 aromatic rings. The molecule has 0 saturated carbocycles. The minimum absolute atomic E-state index is 0.320. The van der Waals surface area contributed by atoms with Crippen LogP contribution in [0.5, 0.6) is 0 Å². The lowest BCUT2D eigenvalue weighted by atomic mass is 9.99. The van der Waals surface area contributed by atoms with E-state index in [4.69, 9.17) is 4.99 Å². The van der Waals surface area contributed by atoms with Crippen LogP contribution in [0.3, 0.4) is 0 Å². The molecule has 35 heavy (non-hydrogen) atoms. The maximum Gasteiger partial charge on any atom is 0.244 e. The largest absolute Gasteiger partial charge is 0.303 e. The molecule has 0 aromatic heterocycles. The molecule has 2 aromatic carbocycles. The molecule has 1 saturated heterocycles. The van der Waals surface area contributed by atoms with Crippen molar-refractivity contribution in [2.45, 2.75) is 44.0 Å². The molecule has 0 radical (unpaired) electrons. The second kappa shape index (κ2) is 11.6. The van der Waals surface area contributed by atoms with Crippen molar-refractivity contribution >= 4 is 15.7 Å². The summed E-state index contributed by atoms with van der Waals surface area (Å²) in [5.74, 6) is -0.745. The van der Waals surface area contributed by atoms with Gasteiger partial charge in [-0.3, -0.25) is 9.89 Å². The van der Waals surface area contributed by atoms with Gasteiger partial charge in [0.1, 0.15) is 10.7 Å². The monoisotopic (exact) mass is 498 g/mol. The number of rotatable bonds is 8. The fourth-order valence-corrected chi connectivity index (χ4v) is 6.18. The van der Waals surface area contributed by atoms with Gasteiger partial charge in [-0.15, -0.1) is 0 Å². The second-order valence-electron chi connectivity index (χ2n) is 9.35. The van der Waals surface area contributed by atoms with Gasteiger partial charge < -0.3 is 4.90 Å². The van der Waals surface area contributed by atoms with E-state index in [1.807, 2.05) is 30.3 Å². The minimum atomic E-state index is -4.00. The van der Waals surface area contributed by atoms with Crippen LogP contribution in [-0.2, 0) is 10.0 Å². The minimum Gasteiger partial charge on any atom is -0.303 e. The first-order valence-corrected chi connectivity index (χ1v) is 13.9. The summed E-state index contributed by atoms with van der Waals surface area (Å²) in [6, 6.07) is 14.6. The Balaban J connectivity index is 1.42. The van der Waals surface area contributed by atoms with Crippen LogP contribution in [0.4, 0.5) is 4.39 Å². The van der Waals surface area contributed by atoms with E-state index in [2.05, 4.69) is 28.4 Å². The number of sulfonamides is 1. The summed E-state index contributed by atoms with van der Waals surface area (Å²) in [6.45, 7) is 9.81. The van der Waals surface area contributed by atoms with E-state index >= 15 is 0 Å². The number of aliphatic imine (C=N–C) groups is 1. The lowest BCUT2D eigenvalue weighted by Gasteiger charge is -2.33. The lowest BCUT2D eigenvalue weighted by Crippen LogP contribution is -2.37. The Hall–Kier alpha value is -2.39. The summed E-state index contributed by atoms with van der Waals surface area (Å²) in [7, 11) is -4.00. The summed E-state index contributed by atoms with van der Waals surface area (Å²) in [5, 5.41) is 0. The van der Waals surface area contributed by atoms with E-state index in [1.54, 1.807) is 0 Å². The number of nitrogens with one attached hydrogen (secondary N) is 1. The zero-order valence-corrected chi connectivity index (χ0v) is 21.4. The number of hydrogen-bond donors (Lipinski definition) is 1. The Morgan fingerprint density at radius 1 is 1.00 bits per heavy atom.